The second-order valence-electron chi connectivity index (χ2n) is 5.19. The average Bonchev–Trinajstić information content (AvgIpc) is 2.86. The zero-order valence-corrected chi connectivity index (χ0v) is 11.6. The van der Waals surface area contributed by atoms with E-state index in [1.165, 1.54) is 0 Å². The summed E-state index contributed by atoms with van der Waals surface area (Å²) < 4.78 is 5.82. The number of ketones is 1. The van der Waals surface area contributed by atoms with Gasteiger partial charge in [-0.3, -0.25) is 4.79 Å². The third kappa shape index (κ3) is 1.95. The van der Waals surface area contributed by atoms with Crippen LogP contribution in [0.4, 0.5) is 0 Å². The van der Waals surface area contributed by atoms with Crippen LogP contribution < -0.4 is 4.74 Å². The Labute approximate surface area is 127 Å². The molecule has 0 amide bonds. The molecule has 0 bridgehead atoms. The molecule has 106 valence electrons. The fourth-order valence-corrected chi connectivity index (χ4v) is 2.64. The summed E-state index contributed by atoms with van der Waals surface area (Å²) in [5.74, 6) is 0.995. The van der Waals surface area contributed by atoms with E-state index in [4.69, 9.17) is 4.74 Å². The van der Waals surface area contributed by atoms with Gasteiger partial charge in [-0.2, -0.15) is 0 Å². The minimum atomic E-state index is -0.117. The molecule has 3 heteroatoms. The standard InChI is InChI=1S/C19H12O3/c20-14-8-5-12(6-9-14)11-17-18(21)16-10-7-13-3-1-2-4-15(13)19(16)22-17/h1-11,20H. The minimum absolute atomic E-state index is 0.117. The highest BCUT2D eigenvalue weighted by atomic mass is 16.5. The number of fused-ring (bicyclic) bond motifs is 3. The van der Waals surface area contributed by atoms with E-state index in [0.29, 0.717) is 17.1 Å². The Morgan fingerprint density at radius 1 is 0.909 bits per heavy atom. The second kappa shape index (κ2) is 4.74. The monoisotopic (exact) mass is 288 g/mol. The fourth-order valence-electron chi connectivity index (χ4n) is 2.64. The molecular formula is C19H12O3. The van der Waals surface area contributed by atoms with Gasteiger partial charge in [0.2, 0.25) is 5.78 Å². The van der Waals surface area contributed by atoms with E-state index in [0.717, 1.165) is 16.3 Å². The first-order valence-corrected chi connectivity index (χ1v) is 6.97. The van der Waals surface area contributed by atoms with Gasteiger partial charge in [0.1, 0.15) is 11.5 Å². The molecule has 0 saturated carbocycles. The molecule has 3 aromatic rings. The number of hydrogen-bond acceptors (Lipinski definition) is 3. The van der Waals surface area contributed by atoms with Crippen LogP contribution >= 0.6 is 0 Å². The van der Waals surface area contributed by atoms with Gasteiger partial charge >= 0.3 is 0 Å². The fraction of sp³-hybridized carbons (Fsp3) is 0. The van der Waals surface area contributed by atoms with Crippen LogP contribution in [0.25, 0.3) is 16.8 Å². The molecule has 0 aliphatic carbocycles. The van der Waals surface area contributed by atoms with Crippen molar-refractivity contribution in [3.8, 4) is 11.5 Å². The van der Waals surface area contributed by atoms with Gasteiger partial charge in [0, 0.05) is 5.39 Å². The van der Waals surface area contributed by atoms with Crippen molar-refractivity contribution < 1.29 is 14.6 Å². The molecule has 1 N–H and O–H groups in total. The van der Waals surface area contributed by atoms with Gasteiger partial charge in [0.05, 0.1) is 5.56 Å². The quantitative estimate of drug-likeness (QED) is 0.684. The van der Waals surface area contributed by atoms with E-state index in [1.807, 2.05) is 30.3 Å². The third-order valence-corrected chi connectivity index (χ3v) is 3.75. The van der Waals surface area contributed by atoms with Crippen LogP contribution in [0.15, 0.2) is 66.4 Å². The van der Waals surface area contributed by atoms with Crippen molar-refractivity contribution in [3.63, 3.8) is 0 Å². The summed E-state index contributed by atoms with van der Waals surface area (Å²) in [4.78, 5) is 12.5. The maximum Gasteiger partial charge on any atom is 0.231 e. The highest BCUT2D eigenvalue weighted by Crippen LogP contribution is 2.38. The predicted octanol–water partition coefficient (Wildman–Crippen LogP) is 4.16. The molecule has 0 radical (unpaired) electrons. The number of benzene rings is 3. The van der Waals surface area contributed by atoms with Crippen LogP contribution in [0.5, 0.6) is 11.5 Å². The van der Waals surface area contributed by atoms with Crippen molar-refractivity contribution in [1.29, 1.82) is 0 Å². The lowest BCUT2D eigenvalue weighted by Gasteiger charge is -2.03. The Morgan fingerprint density at radius 2 is 1.68 bits per heavy atom. The summed E-state index contributed by atoms with van der Waals surface area (Å²) in [5.41, 5.74) is 1.39. The number of allylic oxidation sites excluding steroid dienone is 1. The Balaban J connectivity index is 1.81. The lowest BCUT2D eigenvalue weighted by molar-refractivity contribution is 0.101. The Morgan fingerprint density at radius 3 is 2.50 bits per heavy atom. The van der Waals surface area contributed by atoms with Gasteiger partial charge in [0.25, 0.3) is 0 Å². The maximum absolute atomic E-state index is 12.5. The SMILES string of the molecule is O=C1C(=Cc2ccc(O)cc2)Oc2c1ccc1ccccc21. The van der Waals surface area contributed by atoms with E-state index >= 15 is 0 Å². The molecule has 0 saturated heterocycles. The van der Waals surface area contributed by atoms with Crippen LogP contribution in [0.2, 0.25) is 0 Å². The van der Waals surface area contributed by atoms with Crippen molar-refractivity contribution in [1.82, 2.24) is 0 Å². The number of phenols is 1. The number of carbonyl (C=O) groups is 1. The Kier molecular flexibility index (Phi) is 2.73. The van der Waals surface area contributed by atoms with Crippen LogP contribution in [0.1, 0.15) is 15.9 Å². The van der Waals surface area contributed by atoms with Crippen LogP contribution in [-0.2, 0) is 0 Å². The molecule has 4 rings (SSSR count). The van der Waals surface area contributed by atoms with Crippen molar-refractivity contribution >= 4 is 22.6 Å². The lowest BCUT2D eigenvalue weighted by Crippen LogP contribution is -1.97. The van der Waals surface area contributed by atoms with Crippen LogP contribution in [0, 0.1) is 0 Å². The van der Waals surface area contributed by atoms with Crippen molar-refractivity contribution in [2.24, 2.45) is 0 Å². The molecule has 0 fully saturated rings. The lowest BCUT2D eigenvalue weighted by atomic mass is 10.0. The smallest absolute Gasteiger partial charge is 0.231 e. The minimum Gasteiger partial charge on any atom is -0.508 e. The van der Waals surface area contributed by atoms with Crippen LogP contribution in [0.3, 0.4) is 0 Å². The van der Waals surface area contributed by atoms with Crippen LogP contribution in [-0.4, -0.2) is 10.9 Å². The van der Waals surface area contributed by atoms with E-state index in [9.17, 15) is 9.90 Å². The third-order valence-electron chi connectivity index (χ3n) is 3.75. The number of hydrogen-bond donors (Lipinski definition) is 1. The number of phenolic OH excluding ortho intramolecular Hbond substituents is 1. The Hall–Kier alpha value is -3.07. The zero-order valence-electron chi connectivity index (χ0n) is 11.6. The van der Waals surface area contributed by atoms with Crippen molar-refractivity contribution in [2.75, 3.05) is 0 Å². The molecule has 3 nitrogen and oxygen atoms in total. The molecule has 1 aliphatic rings. The molecule has 1 heterocycles. The summed E-state index contributed by atoms with van der Waals surface area (Å²) in [6.45, 7) is 0. The second-order valence-corrected chi connectivity index (χ2v) is 5.19. The highest BCUT2D eigenvalue weighted by Gasteiger charge is 2.28. The van der Waals surface area contributed by atoms with Gasteiger partial charge in [0.15, 0.2) is 5.76 Å². The summed E-state index contributed by atoms with van der Waals surface area (Å²) in [6, 6.07) is 18.2. The Bertz CT molecular complexity index is 921. The van der Waals surface area contributed by atoms with Gasteiger partial charge in [-0.25, -0.2) is 0 Å². The first kappa shape index (κ1) is 12.7. The van der Waals surface area contributed by atoms with Gasteiger partial charge in [-0.15, -0.1) is 0 Å². The summed E-state index contributed by atoms with van der Waals surface area (Å²) in [7, 11) is 0. The number of ether oxygens (including phenoxy) is 1. The highest BCUT2D eigenvalue weighted by molar-refractivity contribution is 6.17. The molecule has 3 aromatic carbocycles. The summed E-state index contributed by atoms with van der Waals surface area (Å²) in [5, 5.41) is 11.3. The molecule has 22 heavy (non-hydrogen) atoms. The van der Waals surface area contributed by atoms with E-state index < -0.39 is 0 Å². The van der Waals surface area contributed by atoms with Gasteiger partial charge in [-0.05, 0) is 35.2 Å². The topological polar surface area (TPSA) is 46.5 Å². The summed E-state index contributed by atoms with van der Waals surface area (Å²) >= 11 is 0. The average molecular weight is 288 g/mol. The van der Waals surface area contributed by atoms with Crippen molar-refractivity contribution in [2.45, 2.75) is 0 Å². The summed E-state index contributed by atoms with van der Waals surface area (Å²) in [6.07, 6.45) is 1.69. The first-order chi connectivity index (χ1) is 10.7. The number of rotatable bonds is 1. The van der Waals surface area contributed by atoms with E-state index in [-0.39, 0.29) is 11.5 Å². The molecule has 0 aromatic heterocycles. The molecular weight excluding hydrogens is 276 g/mol. The number of carbonyl (C=O) groups excluding carboxylic acids is 1. The number of aromatic hydroxyl groups is 1. The van der Waals surface area contributed by atoms with E-state index in [2.05, 4.69) is 0 Å². The molecule has 1 aliphatic heterocycles. The van der Waals surface area contributed by atoms with E-state index in [1.54, 1.807) is 36.4 Å². The largest absolute Gasteiger partial charge is 0.508 e. The first-order valence-electron chi connectivity index (χ1n) is 6.97. The maximum atomic E-state index is 12.5. The van der Waals surface area contributed by atoms with Gasteiger partial charge in [-0.1, -0.05) is 42.5 Å². The predicted molar refractivity (Wildman–Crippen MR) is 85.0 cm³/mol. The van der Waals surface area contributed by atoms with Gasteiger partial charge < -0.3 is 9.84 Å². The van der Waals surface area contributed by atoms with Crippen molar-refractivity contribution in [3.05, 3.63) is 77.5 Å². The number of Topliss-reactive ketones (excluding diaryl/α,β-unsaturated/α-hetero) is 1. The molecule has 0 atom stereocenters. The molecule has 0 unspecified atom stereocenters. The normalized spacial score (nSPS) is 15.1. The molecule has 0 spiro atoms. The zero-order chi connectivity index (χ0) is 15.1.